The van der Waals surface area contributed by atoms with E-state index in [2.05, 4.69) is 27.9 Å². The fraction of sp³-hybridized carbons (Fsp3) is 0.529. The van der Waals surface area contributed by atoms with Crippen LogP contribution in [0, 0.1) is 5.92 Å². The van der Waals surface area contributed by atoms with Gasteiger partial charge in [-0.15, -0.1) is 0 Å². The summed E-state index contributed by atoms with van der Waals surface area (Å²) in [6.45, 7) is 5.62. The summed E-state index contributed by atoms with van der Waals surface area (Å²) in [4.78, 5) is 16.2. The molecule has 22 heavy (non-hydrogen) atoms. The van der Waals surface area contributed by atoms with Crippen molar-refractivity contribution in [2.24, 2.45) is 10.9 Å². The smallest absolute Gasteiger partial charge is 0.251 e. The molecule has 2 atom stereocenters. The Morgan fingerprint density at radius 1 is 1.36 bits per heavy atom. The van der Waals surface area contributed by atoms with Gasteiger partial charge in [-0.2, -0.15) is 0 Å². The van der Waals surface area contributed by atoms with Gasteiger partial charge in [-0.1, -0.05) is 26.0 Å². The minimum atomic E-state index is -0.0157. The molecule has 1 fully saturated rings. The Kier molecular flexibility index (Phi) is 5.81. The highest BCUT2D eigenvalue weighted by molar-refractivity contribution is 5.94. The van der Waals surface area contributed by atoms with Crippen LogP contribution in [0.2, 0.25) is 0 Å². The van der Waals surface area contributed by atoms with Crippen LogP contribution in [0.25, 0.3) is 0 Å². The molecule has 0 bridgehead atoms. The molecule has 1 amide bonds. The monoisotopic (exact) mass is 302 g/mol. The van der Waals surface area contributed by atoms with E-state index in [4.69, 9.17) is 0 Å². The summed E-state index contributed by atoms with van der Waals surface area (Å²) in [7, 11) is 1.77. The van der Waals surface area contributed by atoms with Crippen molar-refractivity contribution in [3.05, 3.63) is 35.4 Å². The van der Waals surface area contributed by atoms with E-state index in [9.17, 15) is 4.79 Å². The number of guanidine groups is 1. The number of amides is 1. The molecule has 2 unspecified atom stereocenters. The summed E-state index contributed by atoms with van der Waals surface area (Å²) in [5, 5.41) is 9.58. The number of carbonyl (C=O) groups excluding carboxylic acids is 1. The van der Waals surface area contributed by atoms with E-state index in [1.165, 1.54) is 6.42 Å². The third-order valence-corrected chi connectivity index (χ3v) is 3.84. The summed E-state index contributed by atoms with van der Waals surface area (Å²) in [6.07, 6.45) is 2.14. The summed E-state index contributed by atoms with van der Waals surface area (Å²) >= 11 is 0. The molecule has 0 radical (unpaired) electrons. The Hall–Kier alpha value is -2.04. The number of nitrogens with zero attached hydrogens (tertiary/aromatic N) is 1. The lowest BCUT2D eigenvalue weighted by Crippen LogP contribution is -2.38. The maximum absolute atomic E-state index is 12.0. The number of rotatable bonds is 6. The first-order chi connectivity index (χ1) is 10.6. The van der Waals surface area contributed by atoms with Crippen LogP contribution in [0.4, 0.5) is 0 Å². The minimum absolute atomic E-state index is 0.0157. The topological polar surface area (TPSA) is 65.5 Å². The molecule has 1 aromatic carbocycles. The number of carbonyl (C=O) groups is 1. The molecule has 120 valence electrons. The van der Waals surface area contributed by atoms with Gasteiger partial charge < -0.3 is 16.0 Å². The Bertz CT molecular complexity index is 541. The molecule has 1 aliphatic rings. The standard InChI is InChI=1S/C17H26N4O/c1-4-8-19-16(22)14-7-5-6-13(10-14)11-20-17(18-3)21-15-9-12(15)2/h5-7,10,12,15H,4,8-9,11H2,1-3H3,(H,19,22)(H2,18,20,21). The van der Waals surface area contributed by atoms with Crippen molar-refractivity contribution in [3.8, 4) is 0 Å². The van der Waals surface area contributed by atoms with Crippen molar-refractivity contribution >= 4 is 11.9 Å². The summed E-state index contributed by atoms with van der Waals surface area (Å²) < 4.78 is 0. The van der Waals surface area contributed by atoms with Gasteiger partial charge in [0.25, 0.3) is 5.91 Å². The Labute approximate surface area is 132 Å². The zero-order chi connectivity index (χ0) is 15.9. The fourth-order valence-electron chi connectivity index (χ4n) is 2.24. The lowest BCUT2D eigenvalue weighted by Gasteiger charge is -2.12. The highest BCUT2D eigenvalue weighted by Gasteiger charge is 2.33. The maximum Gasteiger partial charge on any atom is 0.251 e. The molecular formula is C17H26N4O. The van der Waals surface area contributed by atoms with E-state index >= 15 is 0 Å². The largest absolute Gasteiger partial charge is 0.353 e. The van der Waals surface area contributed by atoms with Gasteiger partial charge in [0.2, 0.25) is 0 Å². The number of benzene rings is 1. The quantitative estimate of drug-likeness (QED) is 0.555. The van der Waals surface area contributed by atoms with E-state index < -0.39 is 0 Å². The molecule has 0 heterocycles. The van der Waals surface area contributed by atoms with Crippen LogP contribution in [0.15, 0.2) is 29.3 Å². The van der Waals surface area contributed by atoms with E-state index in [1.807, 2.05) is 31.2 Å². The molecule has 1 aliphatic carbocycles. The van der Waals surface area contributed by atoms with Gasteiger partial charge >= 0.3 is 0 Å². The Balaban J connectivity index is 1.88. The molecule has 2 rings (SSSR count). The van der Waals surface area contributed by atoms with Gasteiger partial charge in [0.15, 0.2) is 5.96 Å². The van der Waals surface area contributed by atoms with Crippen LogP contribution in [-0.4, -0.2) is 31.5 Å². The van der Waals surface area contributed by atoms with Crippen molar-refractivity contribution in [1.29, 1.82) is 0 Å². The zero-order valence-corrected chi connectivity index (χ0v) is 13.6. The molecule has 0 saturated heterocycles. The van der Waals surface area contributed by atoms with Gasteiger partial charge in [0, 0.05) is 31.7 Å². The summed E-state index contributed by atoms with van der Waals surface area (Å²) in [5.74, 6) is 1.53. The van der Waals surface area contributed by atoms with Crippen LogP contribution in [-0.2, 0) is 6.54 Å². The number of hydrogen-bond donors (Lipinski definition) is 3. The van der Waals surface area contributed by atoms with Gasteiger partial charge in [0.05, 0.1) is 0 Å². The number of nitrogens with one attached hydrogen (secondary N) is 3. The first-order valence-corrected chi connectivity index (χ1v) is 7.98. The molecule has 1 saturated carbocycles. The number of aliphatic imine (C=N–C) groups is 1. The second kappa shape index (κ2) is 7.82. The second-order valence-corrected chi connectivity index (χ2v) is 5.85. The molecule has 0 aromatic heterocycles. The molecule has 0 spiro atoms. The van der Waals surface area contributed by atoms with E-state index in [-0.39, 0.29) is 5.91 Å². The van der Waals surface area contributed by atoms with Crippen LogP contribution < -0.4 is 16.0 Å². The number of hydrogen-bond acceptors (Lipinski definition) is 2. The normalized spacial score (nSPS) is 20.4. The molecule has 1 aromatic rings. The van der Waals surface area contributed by atoms with Crippen molar-refractivity contribution in [1.82, 2.24) is 16.0 Å². The SMILES string of the molecule is CCCNC(=O)c1cccc(CNC(=NC)NC2CC2C)c1. The second-order valence-electron chi connectivity index (χ2n) is 5.85. The lowest BCUT2D eigenvalue weighted by molar-refractivity contribution is 0.0953. The molecule has 5 nitrogen and oxygen atoms in total. The van der Waals surface area contributed by atoms with Crippen LogP contribution in [0.5, 0.6) is 0 Å². The molecule has 5 heteroatoms. The average Bonchev–Trinajstić information content (AvgIpc) is 3.24. The highest BCUT2D eigenvalue weighted by Crippen LogP contribution is 2.28. The van der Waals surface area contributed by atoms with Crippen molar-refractivity contribution in [3.63, 3.8) is 0 Å². The predicted molar refractivity (Wildman–Crippen MR) is 90.0 cm³/mol. The van der Waals surface area contributed by atoms with E-state index in [0.29, 0.717) is 24.7 Å². The zero-order valence-electron chi connectivity index (χ0n) is 13.6. The van der Waals surface area contributed by atoms with Crippen LogP contribution in [0.1, 0.15) is 42.6 Å². The summed E-state index contributed by atoms with van der Waals surface area (Å²) in [6, 6.07) is 8.23. The van der Waals surface area contributed by atoms with Gasteiger partial charge in [-0.25, -0.2) is 0 Å². The molecular weight excluding hydrogens is 276 g/mol. The van der Waals surface area contributed by atoms with E-state index in [0.717, 1.165) is 23.9 Å². The maximum atomic E-state index is 12.0. The predicted octanol–water partition coefficient (Wildman–Crippen LogP) is 1.90. The fourth-order valence-corrected chi connectivity index (χ4v) is 2.24. The van der Waals surface area contributed by atoms with E-state index in [1.54, 1.807) is 7.05 Å². The van der Waals surface area contributed by atoms with Crippen LogP contribution in [0.3, 0.4) is 0 Å². The third-order valence-electron chi connectivity index (χ3n) is 3.84. The average molecular weight is 302 g/mol. The molecule has 0 aliphatic heterocycles. The highest BCUT2D eigenvalue weighted by atomic mass is 16.1. The summed E-state index contributed by atoms with van der Waals surface area (Å²) in [5.41, 5.74) is 1.77. The van der Waals surface area contributed by atoms with Crippen molar-refractivity contribution in [2.45, 2.75) is 39.3 Å². The van der Waals surface area contributed by atoms with Gasteiger partial charge in [-0.3, -0.25) is 9.79 Å². The van der Waals surface area contributed by atoms with Crippen LogP contribution >= 0.6 is 0 Å². The van der Waals surface area contributed by atoms with Crippen molar-refractivity contribution < 1.29 is 4.79 Å². The third kappa shape index (κ3) is 4.76. The van der Waals surface area contributed by atoms with Gasteiger partial charge in [-0.05, 0) is 36.5 Å². The van der Waals surface area contributed by atoms with Crippen molar-refractivity contribution in [2.75, 3.05) is 13.6 Å². The molecule has 3 N–H and O–H groups in total. The first kappa shape index (κ1) is 16.3. The Morgan fingerprint density at radius 3 is 2.77 bits per heavy atom. The first-order valence-electron chi connectivity index (χ1n) is 7.98. The minimum Gasteiger partial charge on any atom is -0.353 e. The Morgan fingerprint density at radius 2 is 2.14 bits per heavy atom. The van der Waals surface area contributed by atoms with Gasteiger partial charge in [0.1, 0.15) is 0 Å². The lowest BCUT2D eigenvalue weighted by atomic mass is 10.1.